The van der Waals surface area contributed by atoms with Gasteiger partial charge >= 0.3 is 6.03 Å². The van der Waals surface area contributed by atoms with E-state index in [1.54, 1.807) is 21.9 Å². The topological polar surface area (TPSA) is 32.8 Å². The van der Waals surface area contributed by atoms with Gasteiger partial charge in [-0.05, 0) is 31.2 Å². The predicted octanol–water partition coefficient (Wildman–Crippen LogP) is 2.10. The zero-order valence-electron chi connectivity index (χ0n) is 10.4. The number of hydrogen-bond acceptors (Lipinski definition) is 2. The third-order valence-corrected chi connectivity index (χ3v) is 2.97. The molecule has 1 aliphatic heterocycles. The molecule has 1 saturated heterocycles. The van der Waals surface area contributed by atoms with Crippen LogP contribution < -0.4 is 4.90 Å². The molecule has 0 bridgehead atoms. The number of rotatable bonds is 2. The number of hydrogen-bond donors (Lipinski definition) is 0. The van der Waals surface area contributed by atoms with Crippen LogP contribution in [0.1, 0.15) is 6.92 Å². The van der Waals surface area contributed by atoms with Crippen LogP contribution in [0.3, 0.4) is 0 Å². The minimum atomic E-state index is -0.298. The van der Waals surface area contributed by atoms with Gasteiger partial charge in [0.25, 0.3) is 0 Å². The Morgan fingerprint density at radius 2 is 1.94 bits per heavy atom. The summed E-state index contributed by atoms with van der Waals surface area (Å²) < 4.78 is 18.1. The van der Waals surface area contributed by atoms with Gasteiger partial charge in [-0.3, -0.25) is 4.90 Å². The number of anilines is 1. The number of halogens is 1. The Kier molecular flexibility index (Phi) is 4.15. The second-order valence-electron chi connectivity index (χ2n) is 4.10. The van der Waals surface area contributed by atoms with E-state index in [-0.39, 0.29) is 11.8 Å². The molecule has 0 aromatic heterocycles. The Hall–Kier alpha value is -1.62. The first-order valence-electron chi connectivity index (χ1n) is 6.12. The van der Waals surface area contributed by atoms with Gasteiger partial charge in [-0.25, -0.2) is 9.18 Å². The average molecular weight is 252 g/mol. The van der Waals surface area contributed by atoms with E-state index in [2.05, 4.69) is 0 Å². The third kappa shape index (κ3) is 2.79. The van der Waals surface area contributed by atoms with Gasteiger partial charge in [-0.2, -0.15) is 0 Å². The van der Waals surface area contributed by atoms with Crippen LogP contribution in [-0.2, 0) is 4.74 Å². The zero-order valence-corrected chi connectivity index (χ0v) is 10.4. The number of carbonyl (C=O) groups is 1. The summed E-state index contributed by atoms with van der Waals surface area (Å²) in [4.78, 5) is 15.7. The maximum absolute atomic E-state index is 12.9. The van der Waals surface area contributed by atoms with Crippen molar-refractivity contribution < 1.29 is 13.9 Å². The average Bonchev–Trinajstić information content (AvgIpc) is 2.42. The first-order chi connectivity index (χ1) is 8.72. The number of benzene rings is 1. The fourth-order valence-corrected chi connectivity index (χ4v) is 1.97. The molecular formula is C13H17FN2O2. The van der Waals surface area contributed by atoms with E-state index in [0.717, 1.165) is 5.69 Å². The molecule has 0 aliphatic carbocycles. The molecule has 2 amide bonds. The molecule has 98 valence electrons. The van der Waals surface area contributed by atoms with Crippen LogP contribution in [0.5, 0.6) is 0 Å². The lowest BCUT2D eigenvalue weighted by Crippen LogP contribution is -2.48. The van der Waals surface area contributed by atoms with Gasteiger partial charge in [0, 0.05) is 25.3 Å². The van der Waals surface area contributed by atoms with Crippen molar-refractivity contribution in [3.05, 3.63) is 30.1 Å². The van der Waals surface area contributed by atoms with Crippen molar-refractivity contribution in [2.45, 2.75) is 6.92 Å². The van der Waals surface area contributed by atoms with E-state index in [0.29, 0.717) is 32.8 Å². The van der Waals surface area contributed by atoms with Gasteiger partial charge in [0.05, 0.1) is 13.2 Å². The van der Waals surface area contributed by atoms with E-state index in [1.165, 1.54) is 12.1 Å². The maximum atomic E-state index is 12.9. The van der Waals surface area contributed by atoms with E-state index >= 15 is 0 Å². The lowest BCUT2D eigenvalue weighted by molar-refractivity contribution is 0.0549. The summed E-state index contributed by atoms with van der Waals surface area (Å²) in [6, 6.07) is 5.93. The normalized spacial score (nSPS) is 15.6. The van der Waals surface area contributed by atoms with E-state index in [1.807, 2.05) is 6.92 Å². The summed E-state index contributed by atoms with van der Waals surface area (Å²) in [6.45, 7) is 4.83. The molecule has 0 atom stereocenters. The molecule has 4 nitrogen and oxygen atoms in total. The molecular weight excluding hydrogens is 235 g/mol. The lowest BCUT2D eigenvalue weighted by Gasteiger charge is -2.32. The SMILES string of the molecule is CCN(C(=O)N1CCOCC1)c1ccc(F)cc1. The number of morpholine rings is 1. The third-order valence-electron chi connectivity index (χ3n) is 2.97. The van der Waals surface area contributed by atoms with Crippen molar-refractivity contribution in [2.75, 3.05) is 37.7 Å². The number of amides is 2. The first kappa shape index (κ1) is 12.8. The highest BCUT2D eigenvalue weighted by atomic mass is 19.1. The fraction of sp³-hybridized carbons (Fsp3) is 0.462. The molecule has 1 aromatic rings. The summed E-state index contributed by atoms with van der Waals surface area (Å²) >= 11 is 0. The molecule has 1 heterocycles. The van der Waals surface area contributed by atoms with Crippen LogP contribution in [0.25, 0.3) is 0 Å². The van der Waals surface area contributed by atoms with Crippen molar-refractivity contribution in [3.8, 4) is 0 Å². The summed E-state index contributed by atoms with van der Waals surface area (Å²) in [5.74, 6) is -0.298. The molecule has 1 fully saturated rings. The maximum Gasteiger partial charge on any atom is 0.324 e. The lowest BCUT2D eigenvalue weighted by atomic mass is 10.3. The highest BCUT2D eigenvalue weighted by molar-refractivity contribution is 5.92. The van der Waals surface area contributed by atoms with Gasteiger partial charge in [0.2, 0.25) is 0 Å². The fourth-order valence-electron chi connectivity index (χ4n) is 1.97. The van der Waals surface area contributed by atoms with Crippen molar-refractivity contribution in [1.82, 2.24) is 4.90 Å². The van der Waals surface area contributed by atoms with E-state index in [9.17, 15) is 9.18 Å². The molecule has 0 spiro atoms. The van der Waals surface area contributed by atoms with Crippen LogP contribution in [0.4, 0.5) is 14.9 Å². The van der Waals surface area contributed by atoms with Crippen LogP contribution in [0.15, 0.2) is 24.3 Å². The molecule has 0 unspecified atom stereocenters. The van der Waals surface area contributed by atoms with Crippen LogP contribution >= 0.6 is 0 Å². The van der Waals surface area contributed by atoms with E-state index < -0.39 is 0 Å². The molecule has 5 heteroatoms. The largest absolute Gasteiger partial charge is 0.378 e. The van der Waals surface area contributed by atoms with Crippen molar-refractivity contribution >= 4 is 11.7 Å². The van der Waals surface area contributed by atoms with Gasteiger partial charge in [0.15, 0.2) is 0 Å². The molecule has 1 aromatic carbocycles. The highest BCUT2D eigenvalue weighted by Crippen LogP contribution is 2.17. The van der Waals surface area contributed by atoms with Crippen LogP contribution in [0.2, 0.25) is 0 Å². The Balaban J connectivity index is 2.12. The second kappa shape index (κ2) is 5.82. The molecule has 18 heavy (non-hydrogen) atoms. The second-order valence-corrected chi connectivity index (χ2v) is 4.10. The monoisotopic (exact) mass is 252 g/mol. The Bertz CT molecular complexity index is 402. The smallest absolute Gasteiger partial charge is 0.324 e. The number of carbonyl (C=O) groups excluding carboxylic acids is 1. The zero-order chi connectivity index (χ0) is 13.0. The van der Waals surface area contributed by atoms with Gasteiger partial charge in [-0.15, -0.1) is 0 Å². The molecule has 0 N–H and O–H groups in total. The summed E-state index contributed by atoms with van der Waals surface area (Å²) in [5, 5.41) is 0. The number of urea groups is 1. The van der Waals surface area contributed by atoms with Gasteiger partial charge in [-0.1, -0.05) is 0 Å². The summed E-state index contributed by atoms with van der Waals surface area (Å²) in [5.41, 5.74) is 0.718. The Labute approximate surface area is 106 Å². The summed E-state index contributed by atoms with van der Waals surface area (Å²) in [7, 11) is 0. The highest BCUT2D eigenvalue weighted by Gasteiger charge is 2.22. The predicted molar refractivity (Wildman–Crippen MR) is 67.2 cm³/mol. The summed E-state index contributed by atoms with van der Waals surface area (Å²) in [6.07, 6.45) is 0. The first-order valence-corrected chi connectivity index (χ1v) is 6.12. The number of ether oxygens (including phenoxy) is 1. The number of nitrogens with zero attached hydrogens (tertiary/aromatic N) is 2. The van der Waals surface area contributed by atoms with E-state index in [4.69, 9.17) is 4.74 Å². The molecule has 2 rings (SSSR count). The molecule has 0 radical (unpaired) electrons. The van der Waals surface area contributed by atoms with Gasteiger partial charge in [0.1, 0.15) is 5.82 Å². The Morgan fingerprint density at radius 3 is 2.50 bits per heavy atom. The molecule has 0 saturated carbocycles. The van der Waals surface area contributed by atoms with Crippen molar-refractivity contribution in [3.63, 3.8) is 0 Å². The van der Waals surface area contributed by atoms with Crippen LogP contribution in [-0.4, -0.2) is 43.8 Å². The standard InChI is InChI=1S/C13H17FN2O2/c1-2-16(12-5-3-11(14)4-6-12)13(17)15-7-9-18-10-8-15/h3-6H,2,7-10H2,1H3. The minimum Gasteiger partial charge on any atom is -0.378 e. The van der Waals surface area contributed by atoms with Crippen molar-refractivity contribution in [1.29, 1.82) is 0 Å². The van der Waals surface area contributed by atoms with Gasteiger partial charge < -0.3 is 9.64 Å². The minimum absolute atomic E-state index is 0.0487. The Morgan fingerprint density at radius 1 is 1.33 bits per heavy atom. The van der Waals surface area contributed by atoms with Crippen LogP contribution in [0, 0.1) is 5.82 Å². The van der Waals surface area contributed by atoms with Crippen molar-refractivity contribution in [2.24, 2.45) is 0 Å². The molecule has 1 aliphatic rings. The quantitative estimate of drug-likeness (QED) is 0.807.